The molecule has 0 aromatic heterocycles. The van der Waals surface area contributed by atoms with Crippen molar-refractivity contribution in [2.45, 2.75) is 11.8 Å². The van der Waals surface area contributed by atoms with Crippen LogP contribution in [0.15, 0.2) is 47.4 Å². The Kier molecular flexibility index (Phi) is 4.06. The molecule has 0 aliphatic rings. The zero-order chi connectivity index (χ0) is 13.8. The van der Waals surface area contributed by atoms with E-state index in [0.717, 1.165) is 16.9 Å². The van der Waals surface area contributed by atoms with E-state index in [2.05, 4.69) is 6.92 Å². The van der Waals surface area contributed by atoms with Crippen molar-refractivity contribution in [1.82, 2.24) is 0 Å². The van der Waals surface area contributed by atoms with Crippen molar-refractivity contribution in [3.8, 4) is 16.9 Å². The van der Waals surface area contributed by atoms with E-state index in [0.29, 0.717) is 0 Å². The molecule has 2 aromatic carbocycles. The Balaban J connectivity index is 2.36. The molecule has 0 saturated carbocycles. The van der Waals surface area contributed by atoms with Gasteiger partial charge in [0.05, 0.1) is 4.92 Å². The molecule has 0 saturated heterocycles. The van der Waals surface area contributed by atoms with E-state index < -0.39 is 4.92 Å². The van der Waals surface area contributed by atoms with E-state index >= 15 is 0 Å². The molecule has 0 aliphatic heterocycles. The highest BCUT2D eigenvalue weighted by atomic mass is 32.2. The highest BCUT2D eigenvalue weighted by Crippen LogP contribution is 2.32. The van der Waals surface area contributed by atoms with Crippen LogP contribution >= 0.6 is 11.8 Å². The number of thioether (sulfide) groups is 1. The van der Waals surface area contributed by atoms with Crippen molar-refractivity contribution >= 4 is 17.4 Å². The molecular weight excluding hydrogens is 262 g/mol. The Hall–Kier alpha value is -2.01. The standard InChI is InChI=1S/C14H13NO3S/c1-2-19-12-6-3-10(4-7-12)11-5-8-14(16)13(9-11)15(17)18/h3-9,16H,2H2,1H3. The van der Waals surface area contributed by atoms with Crippen LogP contribution in [0.2, 0.25) is 0 Å². The molecule has 0 amide bonds. The summed E-state index contributed by atoms with van der Waals surface area (Å²) in [5.74, 6) is 0.691. The van der Waals surface area contributed by atoms with Gasteiger partial charge in [0.2, 0.25) is 0 Å². The Morgan fingerprint density at radius 1 is 1.16 bits per heavy atom. The van der Waals surface area contributed by atoms with E-state index in [1.807, 2.05) is 24.3 Å². The summed E-state index contributed by atoms with van der Waals surface area (Å²) >= 11 is 1.74. The molecule has 1 N–H and O–H groups in total. The van der Waals surface area contributed by atoms with Crippen LogP contribution in [0.3, 0.4) is 0 Å². The summed E-state index contributed by atoms with van der Waals surface area (Å²) in [5, 5.41) is 20.2. The minimum atomic E-state index is -0.583. The normalized spacial score (nSPS) is 10.4. The van der Waals surface area contributed by atoms with Crippen LogP contribution in [0.1, 0.15) is 6.92 Å². The van der Waals surface area contributed by atoms with Crippen molar-refractivity contribution < 1.29 is 10.0 Å². The summed E-state index contributed by atoms with van der Waals surface area (Å²) < 4.78 is 0. The SMILES string of the molecule is CCSc1ccc(-c2ccc(O)c([N+](=O)[O-])c2)cc1. The van der Waals surface area contributed by atoms with Crippen molar-refractivity contribution in [2.24, 2.45) is 0 Å². The van der Waals surface area contributed by atoms with Gasteiger partial charge in [0.15, 0.2) is 5.75 Å². The first kappa shape index (κ1) is 13.4. The molecule has 0 bridgehead atoms. The number of nitro benzene ring substituents is 1. The topological polar surface area (TPSA) is 63.4 Å². The van der Waals surface area contributed by atoms with E-state index in [-0.39, 0.29) is 11.4 Å². The van der Waals surface area contributed by atoms with Gasteiger partial charge in [-0.2, -0.15) is 0 Å². The lowest BCUT2D eigenvalue weighted by atomic mass is 10.1. The second-order valence-corrected chi connectivity index (χ2v) is 5.26. The van der Waals surface area contributed by atoms with Crippen LogP contribution in [-0.2, 0) is 0 Å². The molecule has 2 rings (SSSR count). The van der Waals surface area contributed by atoms with Crippen LogP contribution in [0.25, 0.3) is 11.1 Å². The Labute approximate surface area is 115 Å². The number of phenols is 1. The zero-order valence-electron chi connectivity index (χ0n) is 10.4. The summed E-state index contributed by atoms with van der Waals surface area (Å²) in [6.45, 7) is 2.09. The van der Waals surface area contributed by atoms with Crippen molar-refractivity contribution in [1.29, 1.82) is 0 Å². The third-order valence-electron chi connectivity index (χ3n) is 2.67. The molecule has 0 spiro atoms. The fourth-order valence-electron chi connectivity index (χ4n) is 1.76. The summed E-state index contributed by atoms with van der Waals surface area (Å²) in [5.41, 5.74) is 1.34. The predicted octanol–water partition coefficient (Wildman–Crippen LogP) is 4.08. The lowest BCUT2D eigenvalue weighted by Crippen LogP contribution is -1.89. The third kappa shape index (κ3) is 3.06. The first-order chi connectivity index (χ1) is 9.11. The number of hydrogen-bond donors (Lipinski definition) is 1. The van der Waals surface area contributed by atoms with E-state index in [1.165, 1.54) is 17.0 Å². The Morgan fingerprint density at radius 3 is 2.37 bits per heavy atom. The zero-order valence-corrected chi connectivity index (χ0v) is 11.2. The largest absolute Gasteiger partial charge is 0.502 e. The van der Waals surface area contributed by atoms with Crippen LogP contribution < -0.4 is 0 Å². The van der Waals surface area contributed by atoms with Crippen molar-refractivity contribution in [2.75, 3.05) is 5.75 Å². The summed E-state index contributed by atoms with van der Waals surface area (Å²) in [6.07, 6.45) is 0. The predicted molar refractivity (Wildman–Crippen MR) is 76.6 cm³/mol. The fourth-order valence-corrected chi connectivity index (χ4v) is 2.42. The highest BCUT2D eigenvalue weighted by molar-refractivity contribution is 7.99. The lowest BCUT2D eigenvalue weighted by Gasteiger charge is -2.04. The number of nitrogens with zero attached hydrogens (tertiary/aromatic N) is 1. The van der Waals surface area contributed by atoms with Crippen molar-refractivity contribution in [3.63, 3.8) is 0 Å². The Bertz CT molecular complexity index is 596. The smallest absolute Gasteiger partial charge is 0.311 e. The van der Waals surface area contributed by atoms with Crippen LogP contribution in [0.4, 0.5) is 5.69 Å². The number of hydrogen-bond acceptors (Lipinski definition) is 4. The molecule has 0 heterocycles. The van der Waals surface area contributed by atoms with Gasteiger partial charge in [-0.15, -0.1) is 11.8 Å². The second-order valence-electron chi connectivity index (χ2n) is 3.92. The quantitative estimate of drug-likeness (QED) is 0.519. The maximum Gasteiger partial charge on any atom is 0.311 e. The molecule has 4 nitrogen and oxygen atoms in total. The van der Waals surface area contributed by atoms with E-state index in [4.69, 9.17) is 0 Å². The van der Waals surface area contributed by atoms with Crippen molar-refractivity contribution in [3.05, 3.63) is 52.6 Å². The molecule has 0 atom stereocenters. The second kappa shape index (κ2) is 5.75. The molecule has 0 fully saturated rings. The van der Waals surface area contributed by atoms with E-state index in [9.17, 15) is 15.2 Å². The summed E-state index contributed by atoms with van der Waals surface area (Å²) in [7, 11) is 0. The maximum atomic E-state index is 10.8. The van der Waals surface area contributed by atoms with Gasteiger partial charge in [0, 0.05) is 11.0 Å². The van der Waals surface area contributed by atoms with E-state index in [1.54, 1.807) is 17.8 Å². The van der Waals surface area contributed by atoms with Gasteiger partial charge >= 0.3 is 5.69 Å². The molecule has 0 radical (unpaired) electrons. The summed E-state index contributed by atoms with van der Waals surface area (Å²) in [6, 6.07) is 12.2. The van der Waals surface area contributed by atoms with Gasteiger partial charge in [-0.25, -0.2) is 0 Å². The van der Waals surface area contributed by atoms with Gasteiger partial charge in [-0.3, -0.25) is 10.1 Å². The molecule has 0 unspecified atom stereocenters. The molecule has 19 heavy (non-hydrogen) atoms. The molecule has 0 aliphatic carbocycles. The monoisotopic (exact) mass is 275 g/mol. The third-order valence-corrected chi connectivity index (χ3v) is 3.56. The maximum absolute atomic E-state index is 10.8. The fraction of sp³-hybridized carbons (Fsp3) is 0.143. The van der Waals surface area contributed by atoms with Gasteiger partial charge in [0.1, 0.15) is 0 Å². The average Bonchev–Trinajstić information content (AvgIpc) is 2.40. The molecule has 5 heteroatoms. The number of rotatable bonds is 4. The summed E-state index contributed by atoms with van der Waals surface area (Å²) in [4.78, 5) is 11.4. The van der Waals surface area contributed by atoms with Crippen LogP contribution in [0, 0.1) is 10.1 Å². The van der Waals surface area contributed by atoms with Gasteiger partial charge in [0.25, 0.3) is 0 Å². The lowest BCUT2D eigenvalue weighted by molar-refractivity contribution is -0.385. The molecule has 2 aromatic rings. The number of aromatic hydroxyl groups is 1. The minimum Gasteiger partial charge on any atom is -0.502 e. The van der Waals surface area contributed by atoms with Gasteiger partial charge in [-0.05, 0) is 35.1 Å². The Morgan fingerprint density at radius 2 is 1.79 bits per heavy atom. The van der Waals surface area contributed by atoms with Crippen LogP contribution in [0.5, 0.6) is 5.75 Å². The molecular formula is C14H13NO3S. The first-order valence-electron chi connectivity index (χ1n) is 5.82. The number of benzene rings is 2. The average molecular weight is 275 g/mol. The van der Waals surface area contributed by atoms with Crippen LogP contribution in [-0.4, -0.2) is 15.8 Å². The number of phenolic OH excluding ortho intramolecular Hbond substituents is 1. The minimum absolute atomic E-state index is 0.274. The van der Waals surface area contributed by atoms with Gasteiger partial charge < -0.3 is 5.11 Å². The number of nitro groups is 1. The highest BCUT2D eigenvalue weighted by Gasteiger charge is 2.14. The van der Waals surface area contributed by atoms with Gasteiger partial charge in [-0.1, -0.05) is 25.1 Å². The molecule has 98 valence electrons. The first-order valence-corrected chi connectivity index (χ1v) is 6.81.